The van der Waals surface area contributed by atoms with Crippen LogP contribution in [0.3, 0.4) is 0 Å². The number of nitrogens with one attached hydrogen (secondary N) is 1. The number of amides is 3. The molecule has 1 atom stereocenters. The third kappa shape index (κ3) is 2.34. The van der Waals surface area contributed by atoms with E-state index < -0.39 is 6.04 Å². The largest absolute Gasteiger partial charge is 0.322 e. The van der Waals surface area contributed by atoms with E-state index in [-0.39, 0.29) is 24.1 Å². The number of hydrogen-bond acceptors (Lipinski definition) is 4. The van der Waals surface area contributed by atoms with Crippen LogP contribution in [-0.2, 0) is 16.1 Å². The zero-order valence-corrected chi connectivity index (χ0v) is 14.1. The SMILES string of the molecule is O=C1CCC(N2Cc3cc(-c4ccnn4C4CC4)ccc3C2=O)C(=O)N1. The van der Waals surface area contributed by atoms with Crippen LogP contribution in [0.4, 0.5) is 0 Å². The highest BCUT2D eigenvalue weighted by Crippen LogP contribution is 2.38. The molecule has 7 nitrogen and oxygen atoms in total. The zero-order valence-electron chi connectivity index (χ0n) is 14.1. The Labute approximate surface area is 150 Å². The Bertz CT molecular complexity index is 944. The molecule has 2 aromatic rings. The molecule has 1 aliphatic carbocycles. The van der Waals surface area contributed by atoms with E-state index in [4.69, 9.17) is 0 Å². The summed E-state index contributed by atoms with van der Waals surface area (Å²) in [5, 5.41) is 6.75. The lowest BCUT2D eigenvalue weighted by Gasteiger charge is -2.29. The number of rotatable bonds is 3. The highest BCUT2D eigenvalue weighted by Gasteiger charge is 2.39. The van der Waals surface area contributed by atoms with Crippen molar-refractivity contribution in [2.24, 2.45) is 0 Å². The quantitative estimate of drug-likeness (QED) is 0.853. The normalized spacial score (nSPS) is 22.5. The predicted octanol–water partition coefficient (Wildman–Crippen LogP) is 1.65. The molecule has 1 aromatic carbocycles. The van der Waals surface area contributed by atoms with Gasteiger partial charge in [0.2, 0.25) is 11.8 Å². The summed E-state index contributed by atoms with van der Waals surface area (Å²) < 4.78 is 2.05. The first-order valence-electron chi connectivity index (χ1n) is 8.93. The molecule has 2 aliphatic heterocycles. The van der Waals surface area contributed by atoms with E-state index in [0.29, 0.717) is 24.6 Å². The first-order chi connectivity index (χ1) is 12.6. The third-order valence-corrected chi connectivity index (χ3v) is 5.38. The van der Waals surface area contributed by atoms with Crippen LogP contribution in [0.1, 0.15) is 47.6 Å². The van der Waals surface area contributed by atoms with Crippen LogP contribution in [0.15, 0.2) is 30.5 Å². The third-order valence-electron chi connectivity index (χ3n) is 5.38. The summed E-state index contributed by atoms with van der Waals surface area (Å²) in [6, 6.07) is 7.70. The Morgan fingerprint density at radius 1 is 1.08 bits per heavy atom. The minimum absolute atomic E-state index is 0.142. The van der Waals surface area contributed by atoms with Crippen molar-refractivity contribution in [2.45, 2.75) is 44.3 Å². The van der Waals surface area contributed by atoms with Crippen molar-refractivity contribution in [1.29, 1.82) is 0 Å². The summed E-state index contributed by atoms with van der Waals surface area (Å²) in [5.41, 5.74) is 3.64. The van der Waals surface area contributed by atoms with Crippen LogP contribution < -0.4 is 5.32 Å². The molecule has 1 N–H and O–H groups in total. The van der Waals surface area contributed by atoms with Crippen molar-refractivity contribution < 1.29 is 14.4 Å². The highest BCUT2D eigenvalue weighted by molar-refractivity contribution is 6.05. The second kappa shape index (κ2) is 5.52. The molecule has 1 saturated carbocycles. The number of piperidine rings is 1. The van der Waals surface area contributed by atoms with Crippen LogP contribution >= 0.6 is 0 Å². The molecule has 1 aromatic heterocycles. The van der Waals surface area contributed by atoms with Gasteiger partial charge in [0.25, 0.3) is 5.91 Å². The van der Waals surface area contributed by atoms with E-state index in [0.717, 1.165) is 29.7 Å². The fourth-order valence-corrected chi connectivity index (χ4v) is 3.89. The van der Waals surface area contributed by atoms with Gasteiger partial charge in [0.05, 0.1) is 11.7 Å². The maximum absolute atomic E-state index is 12.7. The first-order valence-corrected chi connectivity index (χ1v) is 8.93. The van der Waals surface area contributed by atoms with Gasteiger partial charge in [0.15, 0.2) is 0 Å². The Hall–Kier alpha value is -2.96. The molecule has 3 aliphatic rings. The van der Waals surface area contributed by atoms with Crippen molar-refractivity contribution in [2.75, 3.05) is 0 Å². The van der Waals surface area contributed by atoms with Gasteiger partial charge < -0.3 is 4.90 Å². The first kappa shape index (κ1) is 15.3. The number of carbonyl (C=O) groups is 3. The van der Waals surface area contributed by atoms with Crippen LogP contribution in [0.2, 0.25) is 0 Å². The number of hydrogen-bond donors (Lipinski definition) is 1. The van der Waals surface area contributed by atoms with Gasteiger partial charge in [-0.1, -0.05) is 6.07 Å². The summed E-state index contributed by atoms with van der Waals surface area (Å²) in [7, 11) is 0. The van der Waals surface area contributed by atoms with Gasteiger partial charge in [0.1, 0.15) is 6.04 Å². The fraction of sp³-hybridized carbons (Fsp3) is 0.368. The van der Waals surface area contributed by atoms with Crippen LogP contribution in [0.5, 0.6) is 0 Å². The van der Waals surface area contributed by atoms with Crippen LogP contribution in [0.25, 0.3) is 11.3 Å². The van der Waals surface area contributed by atoms with Crippen molar-refractivity contribution >= 4 is 17.7 Å². The van der Waals surface area contributed by atoms with E-state index in [2.05, 4.69) is 15.1 Å². The molecule has 0 spiro atoms. The molecule has 3 amide bonds. The Balaban J connectivity index is 1.45. The van der Waals surface area contributed by atoms with Crippen molar-refractivity contribution in [3.8, 4) is 11.3 Å². The number of aromatic nitrogens is 2. The molecule has 132 valence electrons. The molecule has 5 rings (SSSR count). The van der Waals surface area contributed by atoms with Gasteiger partial charge in [0, 0.05) is 30.3 Å². The molecular weight excluding hydrogens is 332 g/mol. The fourth-order valence-electron chi connectivity index (χ4n) is 3.89. The summed E-state index contributed by atoms with van der Waals surface area (Å²) in [6.45, 7) is 0.395. The molecule has 0 bridgehead atoms. The second-order valence-corrected chi connectivity index (χ2v) is 7.16. The average molecular weight is 350 g/mol. The highest BCUT2D eigenvalue weighted by atomic mass is 16.2. The average Bonchev–Trinajstić information content (AvgIpc) is 3.26. The Morgan fingerprint density at radius 2 is 1.92 bits per heavy atom. The van der Waals surface area contributed by atoms with E-state index >= 15 is 0 Å². The molecule has 3 heterocycles. The molecule has 1 unspecified atom stereocenters. The minimum Gasteiger partial charge on any atom is -0.322 e. The summed E-state index contributed by atoms with van der Waals surface area (Å²) in [6.07, 6.45) is 4.76. The number of imide groups is 1. The summed E-state index contributed by atoms with van der Waals surface area (Å²) in [5.74, 6) is -0.794. The van der Waals surface area contributed by atoms with E-state index in [1.165, 1.54) is 0 Å². The van der Waals surface area contributed by atoms with E-state index in [1.54, 1.807) is 4.90 Å². The zero-order chi connectivity index (χ0) is 17.8. The number of fused-ring (bicyclic) bond motifs is 1. The maximum atomic E-state index is 12.7. The van der Waals surface area contributed by atoms with Gasteiger partial charge in [-0.3, -0.25) is 24.4 Å². The maximum Gasteiger partial charge on any atom is 0.255 e. The van der Waals surface area contributed by atoms with Crippen molar-refractivity contribution in [1.82, 2.24) is 20.0 Å². The van der Waals surface area contributed by atoms with E-state index in [1.807, 2.05) is 30.5 Å². The number of carbonyl (C=O) groups excluding carboxylic acids is 3. The van der Waals surface area contributed by atoms with Gasteiger partial charge in [-0.25, -0.2) is 0 Å². The van der Waals surface area contributed by atoms with Gasteiger partial charge in [-0.15, -0.1) is 0 Å². The molecule has 26 heavy (non-hydrogen) atoms. The molecule has 2 fully saturated rings. The minimum atomic E-state index is -0.576. The van der Waals surface area contributed by atoms with Gasteiger partial charge in [-0.05, 0) is 43.0 Å². The van der Waals surface area contributed by atoms with Crippen LogP contribution in [-0.4, -0.2) is 38.4 Å². The second-order valence-electron chi connectivity index (χ2n) is 7.16. The number of nitrogens with zero attached hydrogens (tertiary/aromatic N) is 3. The molecular formula is C19H18N4O3. The monoisotopic (exact) mass is 350 g/mol. The Morgan fingerprint density at radius 3 is 2.69 bits per heavy atom. The number of benzene rings is 1. The van der Waals surface area contributed by atoms with Gasteiger partial charge in [-0.2, -0.15) is 5.10 Å². The van der Waals surface area contributed by atoms with Crippen molar-refractivity contribution in [3.63, 3.8) is 0 Å². The van der Waals surface area contributed by atoms with Crippen LogP contribution in [0, 0.1) is 0 Å². The molecule has 0 radical (unpaired) electrons. The summed E-state index contributed by atoms with van der Waals surface area (Å²) >= 11 is 0. The standard InChI is InChI=1S/C19H18N4O3/c24-17-6-5-16(18(25)21-17)22-10-12-9-11(1-4-14(12)19(22)26)15-7-8-20-23(15)13-2-3-13/h1,4,7-9,13,16H,2-3,5-6,10H2,(H,21,24,25). The predicted molar refractivity (Wildman–Crippen MR) is 92.0 cm³/mol. The lowest BCUT2D eigenvalue weighted by molar-refractivity contribution is -0.136. The molecule has 1 saturated heterocycles. The van der Waals surface area contributed by atoms with Crippen molar-refractivity contribution in [3.05, 3.63) is 41.6 Å². The van der Waals surface area contributed by atoms with E-state index in [9.17, 15) is 14.4 Å². The molecule has 7 heteroatoms. The topological polar surface area (TPSA) is 84.3 Å². The Kier molecular flexibility index (Phi) is 3.25. The van der Waals surface area contributed by atoms with Gasteiger partial charge >= 0.3 is 0 Å². The smallest absolute Gasteiger partial charge is 0.255 e. The lowest BCUT2D eigenvalue weighted by atomic mass is 10.0. The summed E-state index contributed by atoms with van der Waals surface area (Å²) in [4.78, 5) is 37.8. The lowest BCUT2D eigenvalue weighted by Crippen LogP contribution is -2.52.